The summed E-state index contributed by atoms with van der Waals surface area (Å²) in [5.41, 5.74) is 3.87. The summed E-state index contributed by atoms with van der Waals surface area (Å²) in [4.78, 5) is 28.5. The number of halogens is 1. The highest BCUT2D eigenvalue weighted by Gasteiger charge is 2.41. The van der Waals surface area contributed by atoms with Crippen molar-refractivity contribution in [1.29, 1.82) is 0 Å². The van der Waals surface area contributed by atoms with Crippen molar-refractivity contribution in [1.82, 2.24) is 0 Å². The quantitative estimate of drug-likeness (QED) is 0.499. The Bertz CT molecular complexity index is 1280. The maximum Gasteiger partial charge on any atom is 0.282 e. The molecule has 7 heteroatoms. The Morgan fingerprint density at radius 2 is 1.61 bits per heavy atom. The van der Waals surface area contributed by atoms with Gasteiger partial charge in [-0.1, -0.05) is 35.9 Å². The maximum absolute atomic E-state index is 13.7. The zero-order valence-corrected chi connectivity index (χ0v) is 19.5. The van der Waals surface area contributed by atoms with Gasteiger partial charge in [0.2, 0.25) is 0 Å². The molecule has 168 valence electrons. The first-order valence-electron chi connectivity index (χ1n) is 10.3. The fourth-order valence-corrected chi connectivity index (χ4v) is 3.90. The smallest absolute Gasteiger partial charge is 0.282 e. The van der Waals surface area contributed by atoms with Gasteiger partial charge in [-0.15, -0.1) is 0 Å². The predicted molar refractivity (Wildman–Crippen MR) is 130 cm³/mol. The summed E-state index contributed by atoms with van der Waals surface area (Å²) in [6.45, 7) is 3.83. The molecule has 1 aliphatic rings. The Morgan fingerprint density at radius 3 is 2.27 bits per heavy atom. The van der Waals surface area contributed by atoms with Gasteiger partial charge in [0.15, 0.2) is 0 Å². The fraction of sp³-hybridized carbons (Fsp3) is 0.154. The van der Waals surface area contributed by atoms with Gasteiger partial charge in [-0.05, 0) is 60.9 Å². The minimum Gasteiger partial charge on any atom is -0.497 e. The lowest BCUT2D eigenvalue weighted by atomic mass is 10.0. The number of carbonyl (C=O) groups excluding carboxylic acids is 2. The molecule has 1 N–H and O–H groups in total. The highest BCUT2D eigenvalue weighted by atomic mass is 35.5. The summed E-state index contributed by atoms with van der Waals surface area (Å²) in [6, 6.07) is 17.6. The molecule has 33 heavy (non-hydrogen) atoms. The van der Waals surface area contributed by atoms with E-state index < -0.39 is 11.8 Å². The topological polar surface area (TPSA) is 67.9 Å². The van der Waals surface area contributed by atoms with E-state index in [1.807, 2.05) is 26.0 Å². The van der Waals surface area contributed by atoms with Gasteiger partial charge in [0.1, 0.15) is 17.2 Å². The van der Waals surface area contributed by atoms with E-state index in [2.05, 4.69) is 5.32 Å². The standard InChI is InChI=1S/C26H23ClN2O4/c1-15-6-5-7-21(16(15)2)29-25(30)23(17-8-10-18(27)11-9-17)24(26(29)31)28-20-14-19(32-3)12-13-22(20)33-4/h5-14,28H,1-4H3. The number of hydrogen-bond donors (Lipinski definition) is 1. The third-order valence-corrected chi connectivity index (χ3v) is 5.95. The van der Waals surface area contributed by atoms with E-state index in [9.17, 15) is 9.59 Å². The van der Waals surface area contributed by atoms with Crippen LogP contribution in [-0.4, -0.2) is 26.0 Å². The number of aryl methyl sites for hydroxylation is 1. The van der Waals surface area contributed by atoms with Crippen molar-refractivity contribution in [2.24, 2.45) is 0 Å². The molecule has 2 amide bonds. The average Bonchev–Trinajstić information content (AvgIpc) is 3.05. The second kappa shape index (κ2) is 9.00. The third-order valence-electron chi connectivity index (χ3n) is 5.70. The van der Waals surface area contributed by atoms with Crippen molar-refractivity contribution in [3.63, 3.8) is 0 Å². The summed E-state index contributed by atoms with van der Waals surface area (Å²) >= 11 is 6.06. The van der Waals surface area contributed by atoms with Crippen molar-refractivity contribution in [3.8, 4) is 11.5 Å². The van der Waals surface area contributed by atoms with Crippen LogP contribution in [0.2, 0.25) is 5.02 Å². The first-order chi connectivity index (χ1) is 15.8. The van der Waals surface area contributed by atoms with Crippen LogP contribution in [0.1, 0.15) is 16.7 Å². The maximum atomic E-state index is 13.7. The number of nitrogens with one attached hydrogen (secondary N) is 1. The van der Waals surface area contributed by atoms with Crippen LogP contribution in [0.25, 0.3) is 5.57 Å². The molecule has 0 aromatic heterocycles. The largest absolute Gasteiger partial charge is 0.497 e. The summed E-state index contributed by atoms with van der Waals surface area (Å²) in [7, 11) is 3.09. The number of benzene rings is 3. The highest BCUT2D eigenvalue weighted by Crippen LogP contribution is 2.38. The molecule has 0 bridgehead atoms. The summed E-state index contributed by atoms with van der Waals surface area (Å²) in [6.07, 6.45) is 0. The van der Waals surface area contributed by atoms with Crippen molar-refractivity contribution in [2.75, 3.05) is 24.4 Å². The lowest BCUT2D eigenvalue weighted by molar-refractivity contribution is -0.120. The van der Waals surface area contributed by atoms with E-state index in [0.29, 0.717) is 33.5 Å². The van der Waals surface area contributed by atoms with E-state index in [4.69, 9.17) is 21.1 Å². The molecule has 3 aromatic rings. The molecule has 3 aromatic carbocycles. The minimum atomic E-state index is -0.455. The molecule has 1 heterocycles. The molecule has 0 radical (unpaired) electrons. The Balaban J connectivity index is 1.88. The lowest BCUT2D eigenvalue weighted by Crippen LogP contribution is -2.33. The molecule has 0 spiro atoms. The first-order valence-corrected chi connectivity index (χ1v) is 10.7. The van der Waals surface area contributed by atoms with Gasteiger partial charge in [0.05, 0.1) is 31.2 Å². The van der Waals surface area contributed by atoms with Gasteiger partial charge in [-0.2, -0.15) is 0 Å². The van der Waals surface area contributed by atoms with Crippen LogP contribution in [0.15, 0.2) is 66.4 Å². The molecule has 0 aliphatic carbocycles. The monoisotopic (exact) mass is 462 g/mol. The Labute approximate surface area is 197 Å². The molecule has 0 saturated heterocycles. The van der Waals surface area contributed by atoms with Gasteiger partial charge in [0.25, 0.3) is 11.8 Å². The zero-order valence-electron chi connectivity index (χ0n) is 18.7. The molecule has 0 saturated carbocycles. The highest BCUT2D eigenvalue weighted by molar-refractivity contribution is 6.46. The van der Waals surface area contributed by atoms with Gasteiger partial charge < -0.3 is 14.8 Å². The third kappa shape index (κ3) is 4.05. The second-order valence-electron chi connectivity index (χ2n) is 7.61. The molecule has 0 unspecified atom stereocenters. The summed E-state index contributed by atoms with van der Waals surface area (Å²) < 4.78 is 10.8. The minimum absolute atomic E-state index is 0.148. The molecular formula is C26H23ClN2O4. The van der Waals surface area contributed by atoms with E-state index in [1.165, 1.54) is 12.0 Å². The van der Waals surface area contributed by atoms with Gasteiger partial charge in [-0.3, -0.25) is 9.59 Å². The van der Waals surface area contributed by atoms with Crippen LogP contribution in [0, 0.1) is 13.8 Å². The number of anilines is 2. The molecule has 1 aliphatic heterocycles. The number of amides is 2. The normalized spacial score (nSPS) is 13.5. The molecule has 0 atom stereocenters. The van der Waals surface area contributed by atoms with E-state index in [0.717, 1.165) is 11.1 Å². The van der Waals surface area contributed by atoms with Crippen LogP contribution >= 0.6 is 11.6 Å². The summed E-state index contributed by atoms with van der Waals surface area (Å²) in [5.74, 6) is 0.211. The van der Waals surface area contributed by atoms with Crippen molar-refractivity contribution in [2.45, 2.75) is 13.8 Å². The second-order valence-corrected chi connectivity index (χ2v) is 8.05. The number of carbonyl (C=O) groups is 2. The van der Waals surface area contributed by atoms with E-state index in [1.54, 1.807) is 55.6 Å². The Morgan fingerprint density at radius 1 is 0.879 bits per heavy atom. The number of methoxy groups -OCH3 is 2. The molecule has 0 fully saturated rings. The average molecular weight is 463 g/mol. The number of ether oxygens (including phenoxy) is 2. The Hall–Kier alpha value is -3.77. The number of imide groups is 1. The summed E-state index contributed by atoms with van der Waals surface area (Å²) in [5, 5.41) is 3.68. The van der Waals surface area contributed by atoms with Crippen LogP contribution in [0.3, 0.4) is 0 Å². The van der Waals surface area contributed by atoms with Crippen LogP contribution in [-0.2, 0) is 9.59 Å². The predicted octanol–water partition coefficient (Wildman–Crippen LogP) is 5.37. The molecule has 4 rings (SSSR count). The van der Waals surface area contributed by atoms with Gasteiger partial charge in [0, 0.05) is 11.1 Å². The van der Waals surface area contributed by atoms with Gasteiger partial charge in [-0.25, -0.2) is 4.90 Å². The van der Waals surface area contributed by atoms with Crippen LogP contribution in [0.5, 0.6) is 11.5 Å². The molecule has 6 nitrogen and oxygen atoms in total. The molecular weight excluding hydrogens is 440 g/mol. The van der Waals surface area contributed by atoms with E-state index in [-0.39, 0.29) is 11.3 Å². The van der Waals surface area contributed by atoms with Gasteiger partial charge >= 0.3 is 0 Å². The number of rotatable bonds is 6. The Kier molecular flexibility index (Phi) is 6.11. The first kappa shape index (κ1) is 22.4. The SMILES string of the molecule is COc1ccc(OC)c(NC2=C(c3ccc(Cl)cc3)C(=O)N(c3cccc(C)c3C)C2=O)c1. The lowest BCUT2D eigenvalue weighted by Gasteiger charge is -2.19. The number of nitrogens with zero attached hydrogens (tertiary/aromatic N) is 1. The zero-order chi connectivity index (χ0) is 23.7. The van der Waals surface area contributed by atoms with Crippen molar-refractivity contribution < 1.29 is 19.1 Å². The van der Waals surface area contributed by atoms with Crippen molar-refractivity contribution >= 4 is 40.4 Å². The fourth-order valence-electron chi connectivity index (χ4n) is 3.77. The van der Waals surface area contributed by atoms with Crippen LogP contribution < -0.4 is 19.7 Å². The van der Waals surface area contributed by atoms with Crippen molar-refractivity contribution in [3.05, 3.63) is 88.1 Å². The number of hydrogen-bond acceptors (Lipinski definition) is 5. The van der Waals surface area contributed by atoms with E-state index >= 15 is 0 Å². The van der Waals surface area contributed by atoms with Crippen LogP contribution in [0.4, 0.5) is 11.4 Å².